The highest BCUT2D eigenvalue weighted by atomic mass is 16.5. The van der Waals surface area contributed by atoms with E-state index in [1.165, 1.54) is 0 Å². The van der Waals surface area contributed by atoms with Crippen LogP contribution < -0.4 is 15.8 Å². The first kappa shape index (κ1) is 18.9. The molecule has 1 heterocycles. The van der Waals surface area contributed by atoms with Crippen LogP contribution in [0.4, 0.5) is 5.69 Å². The maximum Gasteiger partial charge on any atom is 0.229 e. The van der Waals surface area contributed by atoms with E-state index in [1.807, 2.05) is 30.3 Å². The number of piperidine rings is 1. The third-order valence-corrected chi connectivity index (χ3v) is 4.85. The first-order valence-corrected chi connectivity index (χ1v) is 9.14. The Morgan fingerprint density at radius 2 is 1.89 bits per heavy atom. The third-order valence-electron chi connectivity index (χ3n) is 4.85. The Hall–Kier alpha value is -2.86. The molecule has 0 spiro atoms. The molecule has 0 aromatic heterocycles. The van der Waals surface area contributed by atoms with Crippen LogP contribution in [0.25, 0.3) is 0 Å². The van der Waals surface area contributed by atoms with Crippen LogP contribution >= 0.6 is 0 Å². The second-order valence-corrected chi connectivity index (χ2v) is 6.66. The van der Waals surface area contributed by atoms with Gasteiger partial charge in [0.05, 0.1) is 12.0 Å². The van der Waals surface area contributed by atoms with Crippen LogP contribution in [0.5, 0.6) is 5.75 Å². The molecule has 3 N–H and O–H groups in total. The molecule has 2 amide bonds. The summed E-state index contributed by atoms with van der Waals surface area (Å²) >= 11 is 0. The lowest BCUT2D eigenvalue weighted by molar-refractivity contribution is -0.140. The maximum atomic E-state index is 13.0. The van der Waals surface area contributed by atoms with E-state index in [2.05, 4.69) is 5.32 Å². The summed E-state index contributed by atoms with van der Waals surface area (Å²) in [6, 6.07) is 16.7. The Labute approximate surface area is 159 Å². The van der Waals surface area contributed by atoms with Crippen molar-refractivity contribution in [1.29, 1.82) is 0 Å². The Bertz CT molecular complexity index is 777. The molecule has 0 saturated carbocycles. The lowest BCUT2D eigenvalue weighted by Crippen LogP contribution is -2.44. The van der Waals surface area contributed by atoms with Gasteiger partial charge < -0.3 is 20.7 Å². The Morgan fingerprint density at radius 3 is 2.56 bits per heavy atom. The molecule has 2 atom stereocenters. The summed E-state index contributed by atoms with van der Waals surface area (Å²) in [4.78, 5) is 26.9. The molecule has 1 saturated heterocycles. The largest absolute Gasteiger partial charge is 0.492 e. The number of nitrogens with zero attached hydrogens (tertiary/aromatic N) is 1. The standard InChI is InChI=1S/C21H25N3O3/c1-24-19(25)12-11-18(20(24)15-5-3-2-4-6-15)21(26)23-16-7-9-17(10-8-16)27-14-13-22/h2-10,18,20H,11-14,22H2,1H3,(H,23,26). The number of nitrogens with two attached hydrogens (primary N) is 1. The molecular formula is C21H25N3O3. The summed E-state index contributed by atoms with van der Waals surface area (Å²) in [5, 5.41) is 2.97. The second kappa shape index (κ2) is 8.68. The van der Waals surface area contributed by atoms with Crippen molar-refractivity contribution in [2.45, 2.75) is 18.9 Å². The van der Waals surface area contributed by atoms with Crippen molar-refractivity contribution in [1.82, 2.24) is 4.90 Å². The van der Waals surface area contributed by atoms with Crippen LogP contribution in [0.3, 0.4) is 0 Å². The van der Waals surface area contributed by atoms with Gasteiger partial charge in [0.1, 0.15) is 12.4 Å². The van der Waals surface area contributed by atoms with Gasteiger partial charge in [0.25, 0.3) is 0 Å². The van der Waals surface area contributed by atoms with Gasteiger partial charge in [-0.3, -0.25) is 9.59 Å². The van der Waals surface area contributed by atoms with Gasteiger partial charge in [0, 0.05) is 25.7 Å². The number of amides is 2. The Morgan fingerprint density at radius 1 is 1.19 bits per heavy atom. The highest BCUT2D eigenvalue weighted by Gasteiger charge is 2.38. The molecule has 3 rings (SSSR count). The molecule has 2 aromatic rings. The lowest BCUT2D eigenvalue weighted by atomic mass is 9.84. The number of nitrogens with one attached hydrogen (secondary N) is 1. The van der Waals surface area contributed by atoms with Crippen LogP contribution in [-0.4, -0.2) is 36.9 Å². The van der Waals surface area contributed by atoms with Crippen LogP contribution in [0.1, 0.15) is 24.4 Å². The molecule has 0 bridgehead atoms. The molecule has 0 radical (unpaired) electrons. The second-order valence-electron chi connectivity index (χ2n) is 6.66. The van der Waals surface area contributed by atoms with Crippen molar-refractivity contribution >= 4 is 17.5 Å². The minimum Gasteiger partial charge on any atom is -0.492 e. The normalized spacial score (nSPS) is 19.6. The predicted molar refractivity (Wildman–Crippen MR) is 104 cm³/mol. The molecule has 6 heteroatoms. The summed E-state index contributed by atoms with van der Waals surface area (Å²) < 4.78 is 5.45. The highest BCUT2D eigenvalue weighted by Crippen LogP contribution is 2.36. The topological polar surface area (TPSA) is 84.7 Å². The zero-order valence-electron chi connectivity index (χ0n) is 15.4. The SMILES string of the molecule is CN1C(=O)CCC(C(=O)Nc2ccc(OCCN)cc2)C1c1ccccc1. The first-order valence-electron chi connectivity index (χ1n) is 9.14. The number of carbonyl (C=O) groups is 2. The van der Waals surface area contributed by atoms with E-state index < -0.39 is 0 Å². The average Bonchev–Trinajstić information content (AvgIpc) is 2.70. The molecule has 1 aliphatic rings. The van der Waals surface area contributed by atoms with E-state index in [4.69, 9.17) is 10.5 Å². The molecular weight excluding hydrogens is 342 g/mol. The van der Waals surface area contributed by atoms with E-state index in [1.54, 1.807) is 36.2 Å². The summed E-state index contributed by atoms with van der Waals surface area (Å²) in [5.74, 6) is 0.389. The monoisotopic (exact) mass is 367 g/mol. The van der Waals surface area contributed by atoms with Gasteiger partial charge in [-0.05, 0) is 36.2 Å². The Balaban J connectivity index is 1.74. The van der Waals surface area contributed by atoms with Gasteiger partial charge in [0.15, 0.2) is 0 Å². The number of anilines is 1. The number of benzene rings is 2. The van der Waals surface area contributed by atoms with Crippen molar-refractivity contribution in [3.63, 3.8) is 0 Å². The zero-order valence-corrected chi connectivity index (χ0v) is 15.4. The van der Waals surface area contributed by atoms with Crippen molar-refractivity contribution in [2.24, 2.45) is 11.7 Å². The van der Waals surface area contributed by atoms with E-state index in [0.29, 0.717) is 37.4 Å². The first-order chi connectivity index (χ1) is 13.1. The quantitative estimate of drug-likeness (QED) is 0.822. The number of ether oxygens (including phenoxy) is 1. The fraction of sp³-hybridized carbons (Fsp3) is 0.333. The van der Waals surface area contributed by atoms with Gasteiger partial charge in [-0.15, -0.1) is 0 Å². The van der Waals surface area contributed by atoms with E-state index in [0.717, 1.165) is 5.56 Å². The fourth-order valence-electron chi connectivity index (χ4n) is 3.47. The van der Waals surface area contributed by atoms with Gasteiger partial charge >= 0.3 is 0 Å². The summed E-state index contributed by atoms with van der Waals surface area (Å²) in [5.41, 5.74) is 7.10. The number of carbonyl (C=O) groups excluding carboxylic acids is 2. The van der Waals surface area contributed by atoms with Crippen molar-refractivity contribution < 1.29 is 14.3 Å². The number of rotatable bonds is 6. The minimum atomic E-state index is -0.303. The highest BCUT2D eigenvalue weighted by molar-refractivity contribution is 5.94. The average molecular weight is 367 g/mol. The lowest BCUT2D eigenvalue weighted by Gasteiger charge is -2.38. The van der Waals surface area contributed by atoms with E-state index in [9.17, 15) is 9.59 Å². The van der Waals surface area contributed by atoms with Gasteiger partial charge in [-0.1, -0.05) is 30.3 Å². The Kier molecular flexibility index (Phi) is 6.08. The van der Waals surface area contributed by atoms with Crippen molar-refractivity contribution in [3.8, 4) is 5.75 Å². The molecule has 6 nitrogen and oxygen atoms in total. The zero-order chi connectivity index (χ0) is 19.2. The molecule has 27 heavy (non-hydrogen) atoms. The van der Waals surface area contributed by atoms with Gasteiger partial charge in [0.2, 0.25) is 11.8 Å². The summed E-state index contributed by atoms with van der Waals surface area (Å²) in [6.07, 6.45) is 0.913. The molecule has 0 aliphatic carbocycles. The van der Waals surface area contributed by atoms with Crippen molar-refractivity contribution in [3.05, 3.63) is 60.2 Å². The predicted octanol–water partition coefficient (Wildman–Crippen LogP) is 2.57. The molecule has 2 aromatic carbocycles. The maximum absolute atomic E-state index is 13.0. The molecule has 2 unspecified atom stereocenters. The van der Waals surface area contributed by atoms with Crippen molar-refractivity contribution in [2.75, 3.05) is 25.5 Å². The molecule has 1 fully saturated rings. The number of likely N-dealkylation sites (tertiary alicyclic amines) is 1. The third kappa shape index (κ3) is 4.46. The summed E-state index contributed by atoms with van der Waals surface area (Å²) in [7, 11) is 1.77. The van der Waals surface area contributed by atoms with Gasteiger partial charge in [-0.2, -0.15) is 0 Å². The van der Waals surface area contributed by atoms with Crippen LogP contribution in [0, 0.1) is 5.92 Å². The summed E-state index contributed by atoms with van der Waals surface area (Å²) in [6.45, 7) is 0.903. The fourth-order valence-corrected chi connectivity index (χ4v) is 3.47. The van der Waals surface area contributed by atoms with Crippen LogP contribution in [-0.2, 0) is 9.59 Å². The molecule has 142 valence electrons. The van der Waals surface area contributed by atoms with E-state index >= 15 is 0 Å². The number of hydrogen-bond acceptors (Lipinski definition) is 4. The minimum absolute atomic E-state index is 0.0642. The smallest absolute Gasteiger partial charge is 0.229 e. The van der Waals surface area contributed by atoms with E-state index in [-0.39, 0.29) is 23.8 Å². The molecule has 1 aliphatic heterocycles. The van der Waals surface area contributed by atoms with Crippen LogP contribution in [0.15, 0.2) is 54.6 Å². The van der Waals surface area contributed by atoms with Crippen LogP contribution in [0.2, 0.25) is 0 Å². The number of hydrogen-bond donors (Lipinski definition) is 2. The van der Waals surface area contributed by atoms with Gasteiger partial charge in [-0.25, -0.2) is 0 Å².